The van der Waals surface area contributed by atoms with Gasteiger partial charge in [0.05, 0.1) is 6.61 Å². The molecule has 1 rings (SSSR count). The van der Waals surface area contributed by atoms with Crippen LogP contribution in [-0.4, -0.2) is 25.9 Å². The first-order chi connectivity index (χ1) is 7.61. The molecular weight excluding hydrogens is 293 g/mol. The minimum atomic E-state index is -1.30. The molecule has 0 aliphatic carbocycles. The smallest absolute Gasteiger partial charge is 0.139 e. The molecule has 1 unspecified atom stereocenters. The van der Waals surface area contributed by atoms with Crippen molar-refractivity contribution in [3.63, 3.8) is 0 Å². The van der Waals surface area contributed by atoms with Gasteiger partial charge in [-0.2, -0.15) is 0 Å². The van der Waals surface area contributed by atoms with E-state index in [1.807, 2.05) is 11.4 Å². The van der Waals surface area contributed by atoms with Crippen LogP contribution in [0.15, 0.2) is 15.9 Å². The number of nitrogens with two attached hydrogens (primary N) is 1. The monoisotopic (exact) mass is 309 g/mol. The highest BCUT2D eigenvalue weighted by atomic mass is 79.9. The van der Waals surface area contributed by atoms with E-state index >= 15 is 0 Å². The van der Waals surface area contributed by atoms with Crippen LogP contribution in [0.4, 0.5) is 4.39 Å². The molecule has 2 N–H and O–H groups in total. The van der Waals surface area contributed by atoms with Crippen molar-refractivity contribution >= 4 is 27.3 Å². The Labute approximate surface area is 108 Å². The summed E-state index contributed by atoms with van der Waals surface area (Å²) < 4.78 is 20.5. The fraction of sp³-hybridized carbons (Fsp3) is 0.636. The van der Waals surface area contributed by atoms with E-state index in [1.165, 1.54) is 7.11 Å². The molecule has 0 radical (unpaired) electrons. The average Bonchev–Trinajstić information content (AvgIpc) is 2.62. The Hall–Kier alpha value is 0.0300. The van der Waals surface area contributed by atoms with Crippen LogP contribution in [0.5, 0.6) is 0 Å². The van der Waals surface area contributed by atoms with Crippen molar-refractivity contribution in [1.29, 1.82) is 0 Å². The Morgan fingerprint density at radius 3 is 2.88 bits per heavy atom. The Kier molecular flexibility index (Phi) is 5.89. The highest BCUT2D eigenvalue weighted by Crippen LogP contribution is 2.31. The zero-order valence-corrected chi connectivity index (χ0v) is 11.7. The molecule has 0 amide bonds. The van der Waals surface area contributed by atoms with Crippen LogP contribution in [0.1, 0.15) is 17.7 Å². The van der Waals surface area contributed by atoms with Gasteiger partial charge in [0.1, 0.15) is 5.67 Å². The molecule has 5 heteroatoms. The largest absolute Gasteiger partial charge is 0.381 e. The van der Waals surface area contributed by atoms with E-state index in [1.54, 1.807) is 11.3 Å². The molecule has 0 saturated carbocycles. The highest BCUT2D eigenvalue weighted by molar-refractivity contribution is 9.10. The molecular formula is C11H17BrFNOS. The van der Waals surface area contributed by atoms with E-state index < -0.39 is 5.67 Å². The first-order valence-electron chi connectivity index (χ1n) is 5.21. The van der Waals surface area contributed by atoms with Crippen molar-refractivity contribution in [1.82, 2.24) is 0 Å². The molecule has 2 nitrogen and oxygen atoms in total. The molecule has 1 atom stereocenters. The van der Waals surface area contributed by atoms with Gasteiger partial charge < -0.3 is 10.5 Å². The van der Waals surface area contributed by atoms with Gasteiger partial charge >= 0.3 is 0 Å². The highest BCUT2D eigenvalue weighted by Gasteiger charge is 2.30. The van der Waals surface area contributed by atoms with Crippen molar-refractivity contribution in [3.8, 4) is 0 Å². The lowest BCUT2D eigenvalue weighted by molar-refractivity contribution is 0.0339. The van der Waals surface area contributed by atoms with E-state index in [4.69, 9.17) is 10.5 Å². The minimum Gasteiger partial charge on any atom is -0.381 e. The second-order valence-corrected chi connectivity index (χ2v) is 5.70. The van der Waals surface area contributed by atoms with Crippen LogP contribution >= 0.6 is 27.3 Å². The number of methoxy groups -OCH3 is 1. The van der Waals surface area contributed by atoms with Crippen LogP contribution in [0.2, 0.25) is 0 Å². The summed E-state index contributed by atoms with van der Waals surface area (Å²) in [6.45, 7) is 0.637. The Morgan fingerprint density at radius 2 is 2.38 bits per heavy atom. The lowest BCUT2D eigenvalue weighted by Gasteiger charge is -2.24. The van der Waals surface area contributed by atoms with Gasteiger partial charge in [-0.3, -0.25) is 0 Å². The van der Waals surface area contributed by atoms with Crippen molar-refractivity contribution in [2.75, 3.05) is 20.3 Å². The maximum absolute atomic E-state index is 14.5. The van der Waals surface area contributed by atoms with Gasteiger partial charge in [0.25, 0.3) is 0 Å². The van der Waals surface area contributed by atoms with Crippen LogP contribution < -0.4 is 5.73 Å². The van der Waals surface area contributed by atoms with E-state index in [2.05, 4.69) is 15.9 Å². The summed E-state index contributed by atoms with van der Waals surface area (Å²) in [5.41, 5.74) is 4.12. The minimum absolute atomic E-state index is 0.122. The van der Waals surface area contributed by atoms with Crippen LogP contribution in [0.25, 0.3) is 0 Å². The molecule has 0 saturated heterocycles. The van der Waals surface area contributed by atoms with Gasteiger partial charge in [0, 0.05) is 22.9 Å². The van der Waals surface area contributed by atoms with E-state index in [0.29, 0.717) is 25.8 Å². The van der Waals surface area contributed by atoms with Gasteiger partial charge in [-0.05, 0) is 46.8 Å². The van der Waals surface area contributed by atoms with E-state index in [9.17, 15) is 4.39 Å². The molecule has 92 valence electrons. The summed E-state index contributed by atoms with van der Waals surface area (Å²) in [4.78, 5) is 1.02. The predicted octanol–water partition coefficient (Wildman–Crippen LogP) is 3.15. The molecule has 1 aromatic heterocycles. The van der Waals surface area contributed by atoms with Crippen molar-refractivity contribution in [3.05, 3.63) is 20.8 Å². The van der Waals surface area contributed by atoms with Crippen LogP contribution in [0, 0.1) is 0 Å². The Bertz CT molecular complexity index is 321. The Balaban J connectivity index is 2.66. The van der Waals surface area contributed by atoms with Crippen LogP contribution in [0.3, 0.4) is 0 Å². The van der Waals surface area contributed by atoms with Gasteiger partial charge in [0.15, 0.2) is 0 Å². The first kappa shape index (κ1) is 14.1. The number of rotatable bonds is 7. The van der Waals surface area contributed by atoms with E-state index in [0.717, 1.165) is 9.35 Å². The zero-order valence-electron chi connectivity index (χ0n) is 9.34. The van der Waals surface area contributed by atoms with Gasteiger partial charge in [-0.1, -0.05) is 0 Å². The molecule has 0 spiro atoms. The predicted molar refractivity (Wildman–Crippen MR) is 69.7 cm³/mol. The lowest BCUT2D eigenvalue weighted by atomic mass is 9.96. The molecule has 1 aromatic rings. The second-order valence-electron chi connectivity index (χ2n) is 3.84. The third kappa shape index (κ3) is 4.13. The maximum atomic E-state index is 14.5. The molecule has 0 aliphatic heterocycles. The van der Waals surface area contributed by atoms with Gasteiger partial charge in [-0.15, -0.1) is 11.3 Å². The molecule has 16 heavy (non-hydrogen) atoms. The number of halogens is 2. The summed E-state index contributed by atoms with van der Waals surface area (Å²) in [7, 11) is 1.53. The third-order valence-electron chi connectivity index (χ3n) is 2.40. The second kappa shape index (κ2) is 6.69. The first-order valence-corrected chi connectivity index (χ1v) is 6.88. The van der Waals surface area contributed by atoms with Crippen molar-refractivity contribution < 1.29 is 9.13 Å². The SMILES string of the molecule is COCC(F)(CCCN)Cc1sccc1Br. The maximum Gasteiger partial charge on any atom is 0.139 e. The number of thiophene rings is 1. The number of ether oxygens (including phenoxy) is 1. The van der Waals surface area contributed by atoms with Crippen molar-refractivity contribution in [2.45, 2.75) is 24.9 Å². The third-order valence-corrected chi connectivity index (χ3v) is 4.33. The van der Waals surface area contributed by atoms with Crippen molar-refractivity contribution in [2.24, 2.45) is 5.73 Å². The fourth-order valence-electron chi connectivity index (χ4n) is 1.63. The average molecular weight is 310 g/mol. The summed E-state index contributed by atoms with van der Waals surface area (Å²) in [5, 5.41) is 1.95. The molecule has 0 bridgehead atoms. The summed E-state index contributed by atoms with van der Waals surface area (Å²) in [6, 6.07) is 1.94. The quantitative estimate of drug-likeness (QED) is 0.840. The van der Waals surface area contributed by atoms with Gasteiger partial charge in [-0.25, -0.2) is 4.39 Å². The topological polar surface area (TPSA) is 35.2 Å². The summed E-state index contributed by atoms with van der Waals surface area (Å²) >= 11 is 4.98. The zero-order chi connectivity index (χ0) is 12.0. The number of alkyl halides is 1. The molecule has 0 fully saturated rings. The Morgan fingerprint density at radius 1 is 1.62 bits per heavy atom. The van der Waals surface area contributed by atoms with Gasteiger partial charge in [0.2, 0.25) is 0 Å². The van der Waals surface area contributed by atoms with E-state index in [-0.39, 0.29) is 6.61 Å². The molecule has 0 aromatic carbocycles. The summed E-state index contributed by atoms with van der Waals surface area (Å²) in [6.07, 6.45) is 1.52. The van der Waals surface area contributed by atoms with Crippen LogP contribution in [-0.2, 0) is 11.2 Å². The number of hydrogen-bond donors (Lipinski definition) is 1. The molecule has 1 heterocycles. The lowest BCUT2D eigenvalue weighted by Crippen LogP contribution is -2.32. The summed E-state index contributed by atoms with van der Waals surface area (Å²) in [5.74, 6) is 0. The fourth-order valence-corrected chi connectivity index (χ4v) is 3.25. The standard InChI is InChI=1S/C11H17BrFNOS/c1-15-8-11(13,4-2-5-14)7-10-9(12)3-6-16-10/h3,6H,2,4-5,7-8,14H2,1H3. The normalized spacial score (nSPS) is 15.0. The number of hydrogen-bond acceptors (Lipinski definition) is 3. The molecule has 0 aliphatic rings.